The first-order valence-corrected chi connectivity index (χ1v) is 13.2. The van der Waals surface area contributed by atoms with Crippen LogP contribution in [0.25, 0.3) is 0 Å². The second-order valence-electron chi connectivity index (χ2n) is 7.01. The van der Waals surface area contributed by atoms with Crippen LogP contribution < -0.4 is 5.32 Å². The zero-order valence-electron chi connectivity index (χ0n) is 16.6. The number of aryl methyl sites for hydroxylation is 1. The van der Waals surface area contributed by atoms with Gasteiger partial charge in [0.15, 0.2) is 0 Å². The molecule has 3 aromatic rings. The average Bonchev–Trinajstić information content (AvgIpc) is 3.47. The van der Waals surface area contributed by atoms with Gasteiger partial charge in [0.2, 0.25) is 11.8 Å². The Hall–Kier alpha value is -2.21. The van der Waals surface area contributed by atoms with Crippen LogP contribution in [-0.4, -0.2) is 47.7 Å². The minimum atomic E-state index is -3.48. The maximum absolute atomic E-state index is 12.6. The molecule has 3 heterocycles. The van der Waals surface area contributed by atoms with Crippen molar-refractivity contribution >= 4 is 45.0 Å². The number of aromatic nitrogens is 2. The smallest absolute Gasteiger partial charge is 0.322 e. The fourth-order valence-electron chi connectivity index (χ4n) is 3.28. The lowest BCUT2D eigenvalue weighted by atomic mass is 9.97. The Morgan fingerprint density at radius 2 is 1.94 bits per heavy atom. The molecule has 1 aromatic carbocycles. The molecule has 1 saturated heterocycles. The highest BCUT2D eigenvalue weighted by Gasteiger charge is 2.33. The van der Waals surface area contributed by atoms with E-state index < -0.39 is 10.0 Å². The Morgan fingerprint density at radius 1 is 1.16 bits per heavy atom. The summed E-state index contributed by atoms with van der Waals surface area (Å²) in [7, 11) is -3.48. The molecule has 1 amide bonds. The molecule has 1 fully saturated rings. The van der Waals surface area contributed by atoms with Crippen LogP contribution in [0.4, 0.5) is 6.01 Å². The van der Waals surface area contributed by atoms with Gasteiger partial charge in [0, 0.05) is 36.1 Å². The highest BCUT2D eigenvalue weighted by Crippen LogP contribution is 2.27. The normalized spacial score (nSPS) is 15.7. The van der Waals surface area contributed by atoms with Crippen molar-refractivity contribution in [2.24, 2.45) is 5.92 Å². The lowest BCUT2D eigenvalue weighted by Crippen LogP contribution is -2.41. The summed E-state index contributed by atoms with van der Waals surface area (Å²) in [5, 5.41) is 12.3. The Labute approximate surface area is 189 Å². The fraction of sp³-hybridized carbons (Fsp3) is 0.350. The van der Waals surface area contributed by atoms with E-state index in [1.165, 1.54) is 20.5 Å². The van der Waals surface area contributed by atoms with Gasteiger partial charge >= 0.3 is 6.01 Å². The molecule has 0 bridgehead atoms. The molecule has 1 N–H and O–H groups in total. The summed E-state index contributed by atoms with van der Waals surface area (Å²) >= 11 is 2.89. The number of piperidine rings is 1. The summed E-state index contributed by atoms with van der Waals surface area (Å²) < 4.78 is 32.5. The number of carbonyl (C=O) groups is 1. The van der Waals surface area contributed by atoms with Gasteiger partial charge in [-0.25, -0.2) is 8.42 Å². The summed E-state index contributed by atoms with van der Waals surface area (Å²) in [6, 6.07) is 13.4. The van der Waals surface area contributed by atoms with Crippen LogP contribution in [0.3, 0.4) is 0 Å². The van der Waals surface area contributed by atoms with Gasteiger partial charge in [0.1, 0.15) is 4.21 Å². The van der Waals surface area contributed by atoms with Crippen LogP contribution in [-0.2, 0) is 21.2 Å². The number of nitrogens with one attached hydrogen (secondary N) is 1. The molecular formula is C20H22N4O4S3. The summed E-state index contributed by atoms with van der Waals surface area (Å²) in [6.07, 6.45) is 1.50. The number of nitrogens with zero attached hydrogens (tertiary/aromatic N) is 3. The van der Waals surface area contributed by atoms with Gasteiger partial charge in [-0.05, 0) is 36.4 Å². The van der Waals surface area contributed by atoms with Crippen molar-refractivity contribution in [3.63, 3.8) is 0 Å². The SMILES string of the molecule is O=C(Nc1nnc(CCSc2ccccc2)o1)C1CCN(S(=O)(=O)c2cccs2)CC1. The van der Waals surface area contributed by atoms with Crippen LogP contribution in [0.5, 0.6) is 0 Å². The fourth-order valence-corrected chi connectivity index (χ4v) is 6.76. The average molecular weight is 479 g/mol. The van der Waals surface area contributed by atoms with Crippen molar-refractivity contribution in [2.75, 3.05) is 24.2 Å². The van der Waals surface area contributed by atoms with Crippen LogP contribution in [0.1, 0.15) is 18.7 Å². The van der Waals surface area contributed by atoms with Gasteiger partial charge in [-0.3, -0.25) is 10.1 Å². The van der Waals surface area contributed by atoms with E-state index in [0.29, 0.717) is 42.5 Å². The Bertz CT molecular complexity index is 1090. The minimum Gasteiger partial charge on any atom is -0.408 e. The van der Waals surface area contributed by atoms with Gasteiger partial charge in [-0.15, -0.1) is 28.2 Å². The summed E-state index contributed by atoms with van der Waals surface area (Å²) in [6.45, 7) is 0.619. The number of benzene rings is 1. The number of carbonyl (C=O) groups excluding carboxylic acids is 1. The van der Waals surface area contributed by atoms with E-state index in [4.69, 9.17) is 4.42 Å². The van der Waals surface area contributed by atoms with E-state index in [1.807, 2.05) is 30.3 Å². The van der Waals surface area contributed by atoms with Gasteiger partial charge in [-0.2, -0.15) is 4.31 Å². The van der Waals surface area contributed by atoms with Crippen molar-refractivity contribution < 1.29 is 17.6 Å². The first-order chi connectivity index (χ1) is 15.0. The van der Waals surface area contributed by atoms with E-state index in [9.17, 15) is 13.2 Å². The van der Waals surface area contributed by atoms with E-state index in [-0.39, 0.29) is 17.8 Å². The Kier molecular flexibility index (Phi) is 7.06. The van der Waals surface area contributed by atoms with E-state index in [0.717, 1.165) is 5.75 Å². The third-order valence-corrected chi connectivity index (χ3v) is 9.22. The lowest BCUT2D eigenvalue weighted by Gasteiger charge is -2.29. The van der Waals surface area contributed by atoms with Gasteiger partial charge in [0.25, 0.3) is 10.0 Å². The molecule has 0 spiro atoms. The van der Waals surface area contributed by atoms with Crippen molar-refractivity contribution in [3.05, 3.63) is 53.7 Å². The number of rotatable bonds is 8. The zero-order valence-corrected chi connectivity index (χ0v) is 19.1. The van der Waals surface area contributed by atoms with Crippen LogP contribution in [0.15, 0.2) is 61.4 Å². The maximum atomic E-state index is 12.6. The molecule has 164 valence electrons. The number of hydrogen-bond donors (Lipinski definition) is 1. The van der Waals surface area contributed by atoms with Crippen LogP contribution in [0.2, 0.25) is 0 Å². The molecule has 31 heavy (non-hydrogen) atoms. The number of amides is 1. The third kappa shape index (κ3) is 5.53. The highest BCUT2D eigenvalue weighted by atomic mass is 32.2. The van der Waals surface area contributed by atoms with Gasteiger partial charge in [0.05, 0.1) is 0 Å². The molecule has 0 aliphatic carbocycles. The van der Waals surface area contributed by atoms with Crippen LogP contribution >= 0.6 is 23.1 Å². The summed E-state index contributed by atoms with van der Waals surface area (Å²) in [4.78, 5) is 13.7. The summed E-state index contributed by atoms with van der Waals surface area (Å²) in [5.41, 5.74) is 0. The number of anilines is 1. The maximum Gasteiger partial charge on any atom is 0.322 e. The standard InChI is InChI=1S/C20H22N4O4S3/c25-19(15-8-11-24(12-9-15)31(26,27)18-7-4-13-30-18)21-20-23-22-17(28-20)10-14-29-16-5-2-1-3-6-16/h1-7,13,15H,8-12,14H2,(H,21,23,25). The topological polar surface area (TPSA) is 105 Å². The quantitative estimate of drug-likeness (QED) is 0.494. The largest absolute Gasteiger partial charge is 0.408 e. The number of thioether (sulfide) groups is 1. The molecule has 0 atom stereocenters. The first kappa shape index (κ1) is 22.0. The Morgan fingerprint density at radius 3 is 2.65 bits per heavy atom. The van der Waals surface area contributed by atoms with Crippen molar-refractivity contribution in [1.82, 2.24) is 14.5 Å². The van der Waals surface area contributed by atoms with E-state index in [1.54, 1.807) is 29.3 Å². The lowest BCUT2D eigenvalue weighted by molar-refractivity contribution is -0.121. The second-order valence-corrected chi connectivity index (χ2v) is 11.3. The van der Waals surface area contributed by atoms with Crippen molar-refractivity contribution in [2.45, 2.75) is 28.4 Å². The molecule has 1 aliphatic rings. The predicted molar refractivity (Wildman–Crippen MR) is 120 cm³/mol. The van der Waals surface area contributed by atoms with Crippen molar-refractivity contribution in [3.8, 4) is 0 Å². The van der Waals surface area contributed by atoms with Crippen molar-refractivity contribution in [1.29, 1.82) is 0 Å². The number of thiophene rings is 1. The number of sulfonamides is 1. The zero-order chi connectivity index (χ0) is 21.7. The van der Waals surface area contributed by atoms with Crippen LogP contribution in [0, 0.1) is 5.92 Å². The molecule has 11 heteroatoms. The molecular weight excluding hydrogens is 456 g/mol. The molecule has 1 aliphatic heterocycles. The Balaban J connectivity index is 1.24. The van der Waals surface area contributed by atoms with E-state index >= 15 is 0 Å². The predicted octanol–water partition coefficient (Wildman–Crippen LogP) is 3.51. The summed E-state index contributed by atoms with van der Waals surface area (Å²) in [5.74, 6) is 0.743. The van der Waals surface area contributed by atoms with Gasteiger partial charge in [-0.1, -0.05) is 29.4 Å². The third-order valence-electron chi connectivity index (χ3n) is 4.94. The van der Waals surface area contributed by atoms with Gasteiger partial charge < -0.3 is 4.42 Å². The highest BCUT2D eigenvalue weighted by molar-refractivity contribution is 7.99. The first-order valence-electron chi connectivity index (χ1n) is 9.87. The minimum absolute atomic E-state index is 0.0818. The van der Waals surface area contributed by atoms with E-state index in [2.05, 4.69) is 15.5 Å². The molecule has 4 rings (SSSR count). The molecule has 8 nitrogen and oxygen atoms in total. The second kappa shape index (κ2) is 9.94. The molecule has 0 saturated carbocycles. The molecule has 2 aromatic heterocycles. The monoisotopic (exact) mass is 478 g/mol. The molecule has 0 radical (unpaired) electrons. The molecule has 0 unspecified atom stereocenters. The number of hydrogen-bond acceptors (Lipinski definition) is 8.